The molecular formula is C32H41N5O7. The van der Waals surface area contributed by atoms with Gasteiger partial charge in [-0.1, -0.05) is 74.5 Å². The number of hydroxylamine groups is 2. The zero-order valence-electron chi connectivity index (χ0n) is 25.4. The van der Waals surface area contributed by atoms with Gasteiger partial charge in [0.15, 0.2) is 12.3 Å². The van der Waals surface area contributed by atoms with Crippen LogP contribution in [0.25, 0.3) is 0 Å². The van der Waals surface area contributed by atoms with E-state index in [2.05, 4.69) is 5.32 Å². The third-order valence-electron chi connectivity index (χ3n) is 7.72. The summed E-state index contributed by atoms with van der Waals surface area (Å²) >= 11 is 0. The van der Waals surface area contributed by atoms with Gasteiger partial charge in [-0.25, -0.2) is 4.79 Å². The number of primary amides is 1. The summed E-state index contributed by atoms with van der Waals surface area (Å²) in [5.74, 6) is -1.65. The number of fused-ring (bicyclic) bond motifs is 1. The van der Waals surface area contributed by atoms with Crippen LogP contribution >= 0.6 is 0 Å². The van der Waals surface area contributed by atoms with Gasteiger partial charge in [-0.3, -0.25) is 24.0 Å². The molecule has 4 rings (SSSR count). The molecule has 0 bridgehead atoms. The molecule has 1 unspecified atom stereocenters. The molecule has 0 aliphatic carbocycles. The van der Waals surface area contributed by atoms with Crippen molar-refractivity contribution in [3.63, 3.8) is 0 Å². The van der Waals surface area contributed by atoms with Crippen LogP contribution < -0.4 is 11.1 Å². The molecule has 2 aliphatic rings. The summed E-state index contributed by atoms with van der Waals surface area (Å²) in [5.41, 5.74) is 6.87. The van der Waals surface area contributed by atoms with E-state index in [0.29, 0.717) is 12.3 Å². The van der Waals surface area contributed by atoms with Crippen molar-refractivity contribution in [2.24, 2.45) is 11.7 Å². The van der Waals surface area contributed by atoms with Crippen molar-refractivity contribution in [3.8, 4) is 0 Å². The van der Waals surface area contributed by atoms with Crippen LogP contribution in [0.15, 0.2) is 60.7 Å². The van der Waals surface area contributed by atoms with E-state index in [1.807, 2.05) is 74.5 Å². The van der Waals surface area contributed by atoms with Crippen molar-refractivity contribution in [2.75, 3.05) is 19.7 Å². The molecule has 44 heavy (non-hydrogen) atoms. The van der Waals surface area contributed by atoms with E-state index < -0.39 is 54.1 Å². The number of amides is 5. The van der Waals surface area contributed by atoms with Crippen molar-refractivity contribution in [1.82, 2.24) is 20.2 Å². The zero-order valence-corrected chi connectivity index (χ0v) is 25.4. The van der Waals surface area contributed by atoms with E-state index in [9.17, 15) is 24.0 Å². The highest BCUT2D eigenvalue weighted by atomic mass is 16.7. The quantitative estimate of drug-likeness (QED) is 0.375. The van der Waals surface area contributed by atoms with Gasteiger partial charge in [-0.2, -0.15) is 5.06 Å². The first-order valence-electron chi connectivity index (χ1n) is 15.0. The van der Waals surface area contributed by atoms with Gasteiger partial charge in [0.05, 0.1) is 13.2 Å². The highest BCUT2D eigenvalue weighted by Crippen LogP contribution is 2.31. The Morgan fingerprint density at radius 3 is 2.25 bits per heavy atom. The van der Waals surface area contributed by atoms with E-state index in [1.165, 1.54) is 16.7 Å². The van der Waals surface area contributed by atoms with Crippen LogP contribution in [0.4, 0.5) is 4.79 Å². The molecule has 3 N–H and O–H groups in total. The maximum atomic E-state index is 14.4. The molecule has 0 spiro atoms. The van der Waals surface area contributed by atoms with Crippen LogP contribution in [-0.4, -0.2) is 88.6 Å². The maximum Gasteiger partial charge on any atom is 0.436 e. The number of benzene rings is 2. The molecule has 2 saturated heterocycles. The number of ether oxygens (including phenoxy) is 1. The summed E-state index contributed by atoms with van der Waals surface area (Å²) < 4.78 is 5.52. The molecule has 2 aliphatic heterocycles. The summed E-state index contributed by atoms with van der Waals surface area (Å²) in [6.45, 7) is 5.50. The van der Waals surface area contributed by atoms with E-state index >= 15 is 0 Å². The lowest BCUT2D eigenvalue weighted by molar-refractivity contribution is -0.264. The number of carbonyl (C=O) groups is 5. The Hall–Kier alpha value is -4.45. The third-order valence-corrected chi connectivity index (χ3v) is 7.72. The Labute approximate surface area is 257 Å². The number of hydrogen-bond donors (Lipinski definition) is 2. The minimum Gasteiger partial charge on any atom is -0.448 e. The second-order valence-electron chi connectivity index (χ2n) is 11.5. The van der Waals surface area contributed by atoms with Gasteiger partial charge in [0.2, 0.25) is 17.7 Å². The largest absolute Gasteiger partial charge is 0.448 e. The van der Waals surface area contributed by atoms with Crippen molar-refractivity contribution in [2.45, 2.75) is 70.8 Å². The van der Waals surface area contributed by atoms with Crippen molar-refractivity contribution in [1.29, 1.82) is 0 Å². The molecule has 4 atom stereocenters. The summed E-state index contributed by atoms with van der Waals surface area (Å²) in [6, 6.07) is 16.4. The number of rotatable bonds is 12. The SMILES string of the molecule is CC(C)CCOC(=O)N1O[C@H](C)C(=O)N2C1CN([C@@H](Cc1ccccc1)C(=O)NCCC(N)=O)C(=O)[C@@H]2Cc1ccccc1. The zero-order chi connectivity index (χ0) is 31.8. The first kappa shape index (κ1) is 32.5. The van der Waals surface area contributed by atoms with Gasteiger partial charge < -0.3 is 25.6 Å². The van der Waals surface area contributed by atoms with Gasteiger partial charge >= 0.3 is 6.09 Å². The fourth-order valence-electron chi connectivity index (χ4n) is 5.38. The van der Waals surface area contributed by atoms with Crippen molar-refractivity contribution in [3.05, 3.63) is 71.8 Å². The van der Waals surface area contributed by atoms with Crippen LogP contribution in [0.2, 0.25) is 0 Å². The van der Waals surface area contributed by atoms with E-state index in [-0.39, 0.29) is 39.0 Å². The molecule has 2 aromatic rings. The summed E-state index contributed by atoms with van der Waals surface area (Å²) in [4.78, 5) is 75.0. The highest BCUT2D eigenvalue weighted by Gasteiger charge is 2.54. The van der Waals surface area contributed by atoms with Crippen LogP contribution in [0.5, 0.6) is 0 Å². The number of hydrogen-bond acceptors (Lipinski definition) is 7. The molecule has 2 heterocycles. The average Bonchev–Trinajstić information content (AvgIpc) is 2.99. The molecule has 5 amide bonds. The van der Waals surface area contributed by atoms with Gasteiger partial charge in [0.25, 0.3) is 5.91 Å². The predicted octanol–water partition coefficient (Wildman–Crippen LogP) is 2.02. The molecular weight excluding hydrogens is 566 g/mol. The minimum absolute atomic E-state index is 0.00209. The lowest BCUT2D eigenvalue weighted by atomic mass is 9.95. The lowest BCUT2D eigenvalue weighted by Crippen LogP contribution is -2.75. The molecule has 12 nitrogen and oxygen atoms in total. The van der Waals surface area contributed by atoms with Gasteiger partial charge in [0.1, 0.15) is 12.1 Å². The topological polar surface area (TPSA) is 152 Å². The maximum absolute atomic E-state index is 14.4. The van der Waals surface area contributed by atoms with Gasteiger partial charge in [-0.05, 0) is 30.4 Å². The normalized spacial score (nSPS) is 20.7. The van der Waals surface area contributed by atoms with Gasteiger partial charge in [0, 0.05) is 25.8 Å². The van der Waals surface area contributed by atoms with E-state index in [0.717, 1.165) is 16.2 Å². The van der Waals surface area contributed by atoms with Crippen LogP contribution in [0, 0.1) is 5.92 Å². The van der Waals surface area contributed by atoms with Crippen LogP contribution in [0.3, 0.4) is 0 Å². The average molecular weight is 608 g/mol. The predicted molar refractivity (Wildman–Crippen MR) is 160 cm³/mol. The summed E-state index contributed by atoms with van der Waals surface area (Å²) in [7, 11) is 0. The van der Waals surface area contributed by atoms with Crippen molar-refractivity contribution < 1.29 is 33.5 Å². The smallest absolute Gasteiger partial charge is 0.436 e. The Balaban J connectivity index is 1.72. The molecule has 2 aromatic carbocycles. The molecule has 0 radical (unpaired) electrons. The summed E-state index contributed by atoms with van der Waals surface area (Å²) in [6.07, 6.45) is -1.99. The second kappa shape index (κ2) is 14.8. The van der Waals surface area contributed by atoms with Crippen molar-refractivity contribution >= 4 is 29.7 Å². The standard InChI is InChI=1S/C32H41N5O7/c1-21(2)15-17-43-32(42)37-28-20-35(25(18-23-10-6-4-7-11-23)29(39)34-16-14-27(33)38)31(41)26(19-24-12-8-5-9-13-24)36(28)30(40)22(3)44-37/h4-13,21-22,25-26,28H,14-20H2,1-3H3,(H2,33,38)(H,34,39)/t22-,25+,26+,28?/m1/s1. The number of piperazine rings is 1. The minimum atomic E-state index is -1.05. The van der Waals surface area contributed by atoms with Crippen LogP contribution in [0.1, 0.15) is 44.7 Å². The Morgan fingerprint density at radius 2 is 1.64 bits per heavy atom. The van der Waals surface area contributed by atoms with Crippen LogP contribution in [-0.2, 0) is 41.6 Å². The summed E-state index contributed by atoms with van der Waals surface area (Å²) in [5, 5.41) is 3.75. The Bertz CT molecular complexity index is 1320. The first-order chi connectivity index (χ1) is 21.1. The monoisotopic (exact) mass is 607 g/mol. The molecule has 0 saturated carbocycles. The first-order valence-corrected chi connectivity index (χ1v) is 15.0. The molecule has 12 heteroatoms. The Kier molecular flexibility index (Phi) is 10.9. The number of nitrogens with zero attached hydrogens (tertiary/aromatic N) is 3. The highest BCUT2D eigenvalue weighted by molar-refractivity contribution is 5.95. The third kappa shape index (κ3) is 7.93. The fraction of sp³-hybridized carbons (Fsp3) is 0.469. The number of carbonyl (C=O) groups excluding carboxylic acids is 5. The second-order valence-corrected chi connectivity index (χ2v) is 11.5. The molecule has 2 fully saturated rings. The number of nitrogens with two attached hydrogens (primary N) is 1. The van der Waals surface area contributed by atoms with Gasteiger partial charge in [-0.15, -0.1) is 0 Å². The molecule has 0 aromatic heterocycles. The molecule has 236 valence electrons. The van der Waals surface area contributed by atoms with E-state index in [1.54, 1.807) is 0 Å². The Morgan fingerprint density at radius 1 is 1.00 bits per heavy atom. The fourth-order valence-corrected chi connectivity index (χ4v) is 5.38. The van der Waals surface area contributed by atoms with E-state index in [4.69, 9.17) is 15.3 Å². The number of nitrogens with one attached hydrogen (secondary N) is 1. The lowest BCUT2D eigenvalue weighted by Gasteiger charge is -2.53.